The van der Waals surface area contributed by atoms with Crippen molar-refractivity contribution in [2.24, 2.45) is 0 Å². The Morgan fingerprint density at radius 3 is 2.14 bits per heavy atom. The first kappa shape index (κ1) is 16.0. The van der Waals surface area contributed by atoms with Gasteiger partial charge in [-0.15, -0.1) is 0 Å². The molecule has 2 aromatic rings. The first-order chi connectivity index (χ1) is 10.5. The second kappa shape index (κ2) is 7.07. The summed E-state index contributed by atoms with van der Waals surface area (Å²) in [6.45, 7) is 5.81. The zero-order chi connectivity index (χ0) is 16.1. The van der Waals surface area contributed by atoms with Crippen molar-refractivity contribution < 1.29 is 13.9 Å². The molecule has 0 fully saturated rings. The Morgan fingerprint density at radius 1 is 0.955 bits per heavy atom. The van der Waals surface area contributed by atoms with E-state index in [2.05, 4.69) is 4.90 Å². The van der Waals surface area contributed by atoms with Crippen LogP contribution in [0.1, 0.15) is 25.0 Å². The van der Waals surface area contributed by atoms with Gasteiger partial charge in [0, 0.05) is 36.5 Å². The number of phenols is 1. The zero-order valence-corrected chi connectivity index (χ0v) is 12.7. The molecule has 0 amide bonds. The first-order valence-corrected chi connectivity index (χ1v) is 7.25. The highest BCUT2D eigenvalue weighted by Gasteiger charge is 2.05. The molecule has 0 heterocycles. The van der Waals surface area contributed by atoms with E-state index in [9.17, 15) is 13.9 Å². The van der Waals surface area contributed by atoms with Crippen molar-refractivity contribution >= 4 is 17.8 Å². The molecule has 0 unspecified atom stereocenters. The molecule has 0 atom stereocenters. The molecule has 0 aromatic heterocycles. The molecule has 22 heavy (non-hydrogen) atoms. The monoisotopic (exact) mass is 303 g/mol. The minimum Gasteiger partial charge on any atom is -0.507 e. The lowest BCUT2D eigenvalue weighted by atomic mass is 10.1. The van der Waals surface area contributed by atoms with Crippen LogP contribution in [0.5, 0.6) is 5.75 Å². The molecule has 4 heteroatoms. The Hall–Kier alpha value is -2.36. The lowest BCUT2D eigenvalue weighted by Crippen LogP contribution is -2.21. The summed E-state index contributed by atoms with van der Waals surface area (Å²) in [5.41, 5.74) is 1.95. The van der Waals surface area contributed by atoms with Crippen molar-refractivity contribution in [3.05, 3.63) is 59.2 Å². The predicted octanol–water partition coefficient (Wildman–Crippen LogP) is 4.69. The van der Waals surface area contributed by atoms with Gasteiger partial charge < -0.3 is 10.0 Å². The molecule has 2 aromatic carbocycles. The van der Waals surface area contributed by atoms with Gasteiger partial charge in [0.2, 0.25) is 0 Å². The van der Waals surface area contributed by atoms with Crippen LogP contribution in [0.2, 0.25) is 0 Å². The van der Waals surface area contributed by atoms with E-state index in [1.165, 1.54) is 12.1 Å². The molecular formula is C18H19F2NO. The predicted molar refractivity (Wildman–Crippen MR) is 87.0 cm³/mol. The highest BCUT2D eigenvalue weighted by atomic mass is 19.1. The highest BCUT2D eigenvalue weighted by molar-refractivity contribution is 5.74. The van der Waals surface area contributed by atoms with Gasteiger partial charge in [-0.1, -0.05) is 12.2 Å². The third kappa shape index (κ3) is 3.85. The molecule has 0 saturated carbocycles. The number of aromatic hydroxyl groups is 1. The molecule has 2 rings (SSSR count). The van der Waals surface area contributed by atoms with Crippen LogP contribution in [0.4, 0.5) is 14.5 Å². The molecular weight excluding hydrogens is 284 g/mol. The van der Waals surface area contributed by atoms with E-state index in [1.54, 1.807) is 24.3 Å². The normalized spacial score (nSPS) is 11.1. The fourth-order valence-electron chi connectivity index (χ4n) is 2.32. The lowest BCUT2D eigenvalue weighted by Gasteiger charge is -2.21. The summed E-state index contributed by atoms with van der Waals surface area (Å²) in [4.78, 5) is 2.12. The van der Waals surface area contributed by atoms with E-state index in [-0.39, 0.29) is 5.75 Å². The molecule has 0 radical (unpaired) electrons. The van der Waals surface area contributed by atoms with E-state index >= 15 is 0 Å². The third-order valence-corrected chi connectivity index (χ3v) is 3.48. The van der Waals surface area contributed by atoms with Gasteiger partial charge in [0.15, 0.2) is 0 Å². The molecule has 1 N–H and O–H groups in total. The van der Waals surface area contributed by atoms with Crippen LogP contribution < -0.4 is 4.90 Å². The Morgan fingerprint density at radius 2 is 1.59 bits per heavy atom. The molecule has 0 saturated heterocycles. The fourth-order valence-corrected chi connectivity index (χ4v) is 2.32. The molecule has 2 nitrogen and oxygen atoms in total. The number of halogens is 2. The summed E-state index contributed by atoms with van der Waals surface area (Å²) in [7, 11) is 0. The highest BCUT2D eigenvalue weighted by Crippen LogP contribution is 2.26. The SMILES string of the molecule is CCN(CC)c1ccc(C=Cc2cc(F)cc(F)c2)c(O)c1. The van der Waals surface area contributed by atoms with Crippen molar-refractivity contribution in [1.29, 1.82) is 0 Å². The van der Waals surface area contributed by atoms with Crippen LogP contribution >= 0.6 is 0 Å². The summed E-state index contributed by atoms with van der Waals surface area (Å²) in [6, 6.07) is 8.70. The maximum Gasteiger partial charge on any atom is 0.126 e. The Labute approximate surface area is 129 Å². The number of benzene rings is 2. The van der Waals surface area contributed by atoms with Gasteiger partial charge in [-0.2, -0.15) is 0 Å². The van der Waals surface area contributed by atoms with Crippen molar-refractivity contribution in [3.8, 4) is 5.75 Å². The van der Waals surface area contributed by atoms with Crippen LogP contribution in [0.3, 0.4) is 0 Å². The number of hydrogen-bond acceptors (Lipinski definition) is 2. The van der Waals surface area contributed by atoms with E-state index in [1.807, 2.05) is 19.9 Å². The smallest absolute Gasteiger partial charge is 0.126 e. The average molecular weight is 303 g/mol. The summed E-state index contributed by atoms with van der Waals surface area (Å²) < 4.78 is 26.2. The molecule has 0 aliphatic heterocycles. The molecule has 0 aliphatic rings. The molecule has 116 valence electrons. The van der Waals surface area contributed by atoms with Crippen LogP contribution in [0.15, 0.2) is 36.4 Å². The van der Waals surface area contributed by atoms with Crippen LogP contribution in [-0.4, -0.2) is 18.2 Å². The van der Waals surface area contributed by atoms with E-state index in [0.29, 0.717) is 11.1 Å². The second-order valence-corrected chi connectivity index (χ2v) is 4.95. The Kier molecular flexibility index (Phi) is 5.15. The number of phenolic OH excluding ortho intramolecular Hbond substituents is 1. The minimum atomic E-state index is -0.624. The van der Waals surface area contributed by atoms with Gasteiger partial charge >= 0.3 is 0 Å². The standard InChI is InChI=1S/C18H19F2NO/c1-3-21(4-2)17-8-7-14(18(22)12-17)6-5-13-9-15(19)11-16(20)10-13/h5-12,22H,3-4H2,1-2H3. The first-order valence-electron chi connectivity index (χ1n) is 7.25. The van der Waals surface area contributed by atoms with Gasteiger partial charge in [0.05, 0.1) is 0 Å². The van der Waals surface area contributed by atoms with Gasteiger partial charge in [-0.05, 0) is 43.7 Å². The van der Waals surface area contributed by atoms with Gasteiger partial charge in [-0.25, -0.2) is 8.78 Å². The second-order valence-electron chi connectivity index (χ2n) is 4.95. The molecule has 0 spiro atoms. The maximum absolute atomic E-state index is 13.1. The Bertz CT molecular complexity index is 659. The van der Waals surface area contributed by atoms with E-state index in [0.717, 1.165) is 24.8 Å². The van der Waals surface area contributed by atoms with Gasteiger partial charge in [-0.3, -0.25) is 0 Å². The fraction of sp³-hybridized carbons (Fsp3) is 0.222. The van der Waals surface area contributed by atoms with Crippen molar-refractivity contribution in [2.75, 3.05) is 18.0 Å². The number of hydrogen-bond donors (Lipinski definition) is 1. The largest absolute Gasteiger partial charge is 0.507 e. The minimum absolute atomic E-state index is 0.137. The van der Waals surface area contributed by atoms with Crippen molar-refractivity contribution in [1.82, 2.24) is 0 Å². The zero-order valence-electron chi connectivity index (χ0n) is 12.7. The average Bonchev–Trinajstić information content (AvgIpc) is 2.46. The number of anilines is 1. The molecule has 0 bridgehead atoms. The summed E-state index contributed by atoms with van der Waals surface area (Å²) in [5.74, 6) is -1.11. The number of nitrogens with zero attached hydrogens (tertiary/aromatic N) is 1. The summed E-state index contributed by atoms with van der Waals surface area (Å²) in [6.07, 6.45) is 3.20. The van der Waals surface area contributed by atoms with Crippen molar-refractivity contribution in [3.63, 3.8) is 0 Å². The topological polar surface area (TPSA) is 23.5 Å². The molecule has 0 aliphatic carbocycles. The van der Waals surface area contributed by atoms with Crippen LogP contribution in [0.25, 0.3) is 12.2 Å². The lowest BCUT2D eigenvalue weighted by molar-refractivity contribution is 0.474. The maximum atomic E-state index is 13.1. The Balaban J connectivity index is 2.24. The van der Waals surface area contributed by atoms with Gasteiger partial charge in [0.1, 0.15) is 17.4 Å². The summed E-state index contributed by atoms with van der Waals surface area (Å²) in [5, 5.41) is 10.1. The van der Waals surface area contributed by atoms with E-state index in [4.69, 9.17) is 0 Å². The van der Waals surface area contributed by atoms with E-state index < -0.39 is 11.6 Å². The van der Waals surface area contributed by atoms with Crippen LogP contribution in [0, 0.1) is 11.6 Å². The van der Waals surface area contributed by atoms with Crippen molar-refractivity contribution in [2.45, 2.75) is 13.8 Å². The number of rotatable bonds is 5. The van der Waals surface area contributed by atoms with Gasteiger partial charge in [0.25, 0.3) is 0 Å². The third-order valence-electron chi connectivity index (χ3n) is 3.48. The van der Waals surface area contributed by atoms with Crippen LogP contribution in [-0.2, 0) is 0 Å². The quantitative estimate of drug-likeness (QED) is 0.810. The summed E-state index contributed by atoms with van der Waals surface area (Å²) >= 11 is 0.